The van der Waals surface area contributed by atoms with E-state index in [9.17, 15) is 27.5 Å². The minimum atomic E-state index is -5.19. The third-order valence-corrected chi connectivity index (χ3v) is 7.25. The molecule has 1 N–H and O–H groups in total. The molecule has 0 bridgehead atoms. The Morgan fingerprint density at radius 1 is 1.18 bits per heavy atom. The minimum Gasteiger partial charge on any atom is -0.489 e. The first-order valence-corrected chi connectivity index (χ1v) is 12.6. The van der Waals surface area contributed by atoms with Crippen LogP contribution in [-0.4, -0.2) is 46.5 Å². The van der Waals surface area contributed by atoms with Crippen LogP contribution in [0.25, 0.3) is 0 Å². The molecule has 1 amide bonds. The topological polar surface area (TPSA) is 49.8 Å². The highest BCUT2D eigenvalue weighted by molar-refractivity contribution is 6.30. The number of carbonyl (C=O) groups excluding carboxylic acids is 1. The maximum Gasteiger partial charge on any atom is 0.424 e. The van der Waals surface area contributed by atoms with E-state index in [0.717, 1.165) is 17.7 Å². The van der Waals surface area contributed by atoms with Gasteiger partial charge in [0.25, 0.3) is 0 Å². The van der Waals surface area contributed by atoms with Crippen LogP contribution in [0.1, 0.15) is 38.2 Å². The smallest absolute Gasteiger partial charge is 0.424 e. The lowest BCUT2D eigenvalue weighted by Gasteiger charge is -2.40. The quantitative estimate of drug-likeness (QED) is 0.412. The molecule has 2 aliphatic rings. The predicted octanol–water partition coefficient (Wildman–Crippen LogP) is 6.92. The zero-order valence-electron chi connectivity index (χ0n) is 20.9. The van der Waals surface area contributed by atoms with Crippen LogP contribution in [-0.2, 0) is 4.79 Å². The lowest BCUT2D eigenvalue weighted by Crippen LogP contribution is -2.58. The van der Waals surface area contributed by atoms with Crippen LogP contribution in [0.5, 0.6) is 5.75 Å². The molecule has 1 saturated heterocycles. The van der Waals surface area contributed by atoms with Crippen molar-refractivity contribution in [2.45, 2.75) is 56.7 Å². The lowest BCUT2D eigenvalue weighted by molar-refractivity contribution is -0.265. The largest absolute Gasteiger partial charge is 0.489 e. The molecule has 38 heavy (non-hydrogen) atoms. The van der Waals surface area contributed by atoms with Crippen LogP contribution in [0.15, 0.2) is 89.7 Å². The van der Waals surface area contributed by atoms with Gasteiger partial charge in [0.05, 0.1) is 12.5 Å². The van der Waals surface area contributed by atoms with Gasteiger partial charge in [-0.3, -0.25) is 4.79 Å². The highest BCUT2D eigenvalue weighted by Crippen LogP contribution is 2.48. The molecule has 4 nitrogen and oxygen atoms in total. The van der Waals surface area contributed by atoms with Gasteiger partial charge >= 0.3 is 6.18 Å². The number of benzene rings is 2. The zero-order chi connectivity index (χ0) is 27.7. The third kappa shape index (κ3) is 5.38. The first kappa shape index (κ1) is 27.9. The summed E-state index contributed by atoms with van der Waals surface area (Å²) in [6.45, 7) is 3.59. The standard InChI is InChI=1S/C29H28ClF4NO3/c1-3-25-20(15-21-16-26(31)28(21,37)29(32,33)34)9-12-24(38-23-13-10-22(30)11-14-23)17-35(25)27(36)18(2)19-7-5-4-6-8-19/h3-8,10-11,13-16,18,24,26,37H,9,12,17H2,1-2H3/b20-15-,25-3?/t18-,24-,26?,28?/m0/s1. The molecule has 0 saturated carbocycles. The summed E-state index contributed by atoms with van der Waals surface area (Å²) in [7, 11) is 0. The Hall–Kier alpha value is -3.10. The van der Waals surface area contributed by atoms with E-state index < -0.39 is 35.5 Å². The van der Waals surface area contributed by atoms with Crippen LogP contribution < -0.4 is 4.74 Å². The van der Waals surface area contributed by atoms with Crippen LogP contribution in [0, 0.1) is 0 Å². The van der Waals surface area contributed by atoms with Crippen molar-refractivity contribution in [2.24, 2.45) is 0 Å². The van der Waals surface area contributed by atoms with Gasteiger partial charge in [-0.05, 0) is 73.7 Å². The van der Waals surface area contributed by atoms with Gasteiger partial charge in [-0.1, -0.05) is 54.1 Å². The molecule has 0 radical (unpaired) electrons. The van der Waals surface area contributed by atoms with Crippen molar-refractivity contribution in [1.29, 1.82) is 0 Å². The minimum absolute atomic E-state index is 0.143. The molecule has 4 rings (SSSR count). The molecule has 0 spiro atoms. The molecule has 1 fully saturated rings. The molecule has 1 aliphatic heterocycles. The van der Waals surface area contributed by atoms with Gasteiger partial charge in [-0.25, -0.2) is 4.39 Å². The Morgan fingerprint density at radius 3 is 2.42 bits per heavy atom. The number of nitrogens with zero attached hydrogens (tertiary/aromatic N) is 1. The monoisotopic (exact) mass is 549 g/mol. The average Bonchev–Trinajstić information content (AvgIpc) is 3.07. The molecule has 1 heterocycles. The Kier molecular flexibility index (Phi) is 8.04. The number of likely N-dealkylation sites (tertiary alicyclic amines) is 1. The Bertz CT molecular complexity index is 1260. The summed E-state index contributed by atoms with van der Waals surface area (Å²) < 4.78 is 60.8. The van der Waals surface area contributed by atoms with Gasteiger partial charge < -0.3 is 14.7 Å². The van der Waals surface area contributed by atoms with Gasteiger partial charge in [0.15, 0.2) is 6.17 Å². The van der Waals surface area contributed by atoms with E-state index in [0.29, 0.717) is 28.5 Å². The van der Waals surface area contributed by atoms with E-state index >= 15 is 0 Å². The number of halogens is 5. The molecule has 0 aromatic heterocycles. The second-order valence-corrected chi connectivity index (χ2v) is 9.88. The van der Waals surface area contributed by atoms with E-state index in [-0.39, 0.29) is 18.9 Å². The van der Waals surface area contributed by atoms with Gasteiger partial charge in [-0.2, -0.15) is 13.2 Å². The van der Waals surface area contributed by atoms with Crippen molar-refractivity contribution in [3.63, 3.8) is 0 Å². The summed E-state index contributed by atoms with van der Waals surface area (Å²) in [6.07, 6.45) is -4.09. The highest BCUT2D eigenvalue weighted by Gasteiger charge is 2.65. The second-order valence-electron chi connectivity index (χ2n) is 9.45. The average molecular weight is 550 g/mol. The summed E-state index contributed by atoms with van der Waals surface area (Å²) in [6, 6.07) is 15.9. The van der Waals surface area contributed by atoms with E-state index in [4.69, 9.17) is 16.3 Å². The maximum atomic E-state index is 14.0. The number of allylic oxidation sites excluding steroid dienone is 2. The Morgan fingerprint density at radius 2 is 1.84 bits per heavy atom. The summed E-state index contributed by atoms with van der Waals surface area (Å²) in [5.74, 6) is -0.281. The molecule has 1 aliphatic carbocycles. The van der Waals surface area contributed by atoms with Crippen LogP contribution in [0.4, 0.5) is 17.6 Å². The van der Waals surface area contributed by atoms with E-state index in [1.54, 1.807) is 44.2 Å². The van der Waals surface area contributed by atoms with Crippen molar-refractivity contribution in [3.8, 4) is 5.75 Å². The fourth-order valence-electron chi connectivity index (χ4n) is 4.76. The predicted molar refractivity (Wildman–Crippen MR) is 137 cm³/mol. The molecule has 4 atom stereocenters. The van der Waals surface area contributed by atoms with Crippen molar-refractivity contribution in [1.82, 2.24) is 4.90 Å². The van der Waals surface area contributed by atoms with Crippen molar-refractivity contribution in [2.75, 3.05) is 6.54 Å². The molecule has 202 valence electrons. The van der Waals surface area contributed by atoms with Gasteiger partial charge in [0.2, 0.25) is 11.5 Å². The number of aliphatic hydroxyl groups is 1. The van der Waals surface area contributed by atoms with Gasteiger partial charge in [0, 0.05) is 10.7 Å². The van der Waals surface area contributed by atoms with Crippen LogP contribution >= 0.6 is 11.6 Å². The van der Waals surface area contributed by atoms with Crippen LogP contribution in [0.3, 0.4) is 0 Å². The summed E-state index contributed by atoms with van der Waals surface area (Å²) >= 11 is 5.97. The summed E-state index contributed by atoms with van der Waals surface area (Å²) in [5, 5.41) is 10.7. The fourth-order valence-corrected chi connectivity index (χ4v) is 4.89. The number of amides is 1. The first-order chi connectivity index (χ1) is 18.0. The van der Waals surface area contributed by atoms with Crippen molar-refractivity contribution in [3.05, 3.63) is 100 Å². The van der Waals surface area contributed by atoms with Crippen LogP contribution in [0.2, 0.25) is 5.02 Å². The highest BCUT2D eigenvalue weighted by atomic mass is 35.5. The van der Waals surface area contributed by atoms with Gasteiger partial charge in [0.1, 0.15) is 11.9 Å². The zero-order valence-corrected chi connectivity index (χ0v) is 21.6. The summed E-state index contributed by atoms with van der Waals surface area (Å²) in [5.41, 5.74) is -2.60. The fraction of sp³-hybridized carbons (Fsp3) is 0.345. The van der Waals surface area contributed by atoms with E-state index in [1.807, 2.05) is 30.3 Å². The Labute approximate surface area is 223 Å². The number of rotatable bonds is 5. The normalized spacial score (nSPS) is 26.9. The number of carbonyl (C=O) groups is 1. The SMILES string of the molecule is CC=C1/C(=C\C2=CC(F)C2(O)C(F)(F)F)CC[C@H](Oc2ccc(Cl)cc2)CN1C(=O)[C@@H](C)c1ccccc1. The molecule has 2 unspecified atom stereocenters. The third-order valence-electron chi connectivity index (χ3n) is 6.99. The first-order valence-electron chi connectivity index (χ1n) is 12.3. The molecular weight excluding hydrogens is 522 g/mol. The van der Waals surface area contributed by atoms with E-state index in [1.165, 1.54) is 4.90 Å². The van der Waals surface area contributed by atoms with E-state index in [2.05, 4.69) is 0 Å². The summed E-state index contributed by atoms with van der Waals surface area (Å²) in [4.78, 5) is 15.3. The second kappa shape index (κ2) is 10.9. The van der Waals surface area contributed by atoms with Crippen molar-refractivity contribution < 1.29 is 32.2 Å². The maximum absolute atomic E-state index is 14.0. The molecule has 9 heteroatoms. The lowest BCUT2D eigenvalue weighted by atomic mass is 9.76. The number of hydrogen-bond donors (Lipinski definition) is 1. The molecular formula is C29H28ClF4NO3. The van der Waals surface area contributed by atoms with Gasteiger partial charge in [-0.15, -0.1) is 0 Å². The molecule has 2 aromatic carbocycles. The van der Waals surface area contributed by atoms with Crippen molar-refractivity contribution >= 4 is 17.5 Å². The molecule has 2 aromatic rings. The number of ether oxygens (including phenoxy) is 1. The number of alkyl halides is 4. The number of hydrogen-bond acceptors (Lipinski definition) is 3. The Balaban J connectivity index is 1.71.